The molecule has 0 aliphatic heterocycles. The summed E-state index contributed by atoms with van der Waals surface area (Å²) in [7, 11) is 0. The second kappa shape index (κ2) is 9.26. The minimum atomic E-state index is -2.04. The number of hydrogen-bond donors (Lipinski definition) is 4. The van der Waals surface area contributed by atoms with Crippen LogP contribution >= 0.6 is 0 Å². The third-order valence-corrected chi connectivity index (χ3v) is 3.10. The Balaban J connectivity index is 2.33. The molecule has 0 unspecified atom stereocenters. The summed E-state index contributed by atoms with van der Waals surface area (Å²) in [4.78, 5) is 21.8. The summed E-state index contributed by atoms with van der Waals surface area (Å²) in [5, 5.41) is 37.3. The Kier molecular flexibility index (Phi) is 7.69. The molecule has 0 spiro atoms. The maximum Gasteiger partial charge on any atom is 0.337 e. The minimum Gasteiger partial charge on any atom is -0.464 e. The topological polar surface area (TPSA) is 124 Å². The van der Waals surface area contributed by atoms with Crippen molar-refractivity contribution in [3.05, 3.63) is 35.9 Å². The highest BCUT2D eigenvalue weighted by atomic mass is 16.5. The molecule has 7 heteroatoms. The monoisotopic (exact) mass is 312 g/mol. The largest absolute Gasteiger partial charge is 0.464 e. The van der Waals surface area contributed by atoms with Crippen LogP contribution in [0.4, 0.5) is 0 Å². The van der Waals surface area contributed by atoms with E-state index in [0.717, 1.165) is 5.56 Å². The quantitative estimate of drug-likeness (QED) is 0.256. The fourth-order valence-corrected chi connectivity index (χ4v) is 1.79. The zero-order valence-corrected chi connectivity index (χ0v) is 11.9. The Hall–Kier alpha value is -1.80. The predicted molar refractivity (Wildman–Crippen MR) is 75.8 cm³/mol. The van der Waals surface area contributed by atoms with Crippen LogP contribution in [0.3, 0.4) is 0 Å². The van der Waals surface area contributed by atoms with Gasteiger partial charge >= 0.3 is 5.97 Å². The van der Waals surface area contributed by atoms with Crippen LogP contribution in [-0.4, -0.2) is 63.7 Å². The van der Waals surface area contributed by atoms with E-state index in [4.69, 9.17) is 9.84 Å². The molecule has 4 N–H and O–H groups in total. The molecule has 0 bridgehead atoms. The molecule has 0 fully saturated rings. The summed E-state index contributed by atoms with van der Waals surface area (Å²) in [5.41, 5.74) is 1.07. The highest BCUT2D eigenvalue weighted by molar-refractivity contribution is 5.75. The maximum atomic E-state index is 11.5. The molecule has 0 saturated heterocycles. The Morgan fingerprint density at radius 1 is 1.09 bits per heavy atom. The predicted octanol–water partition coefficient (Wildman–Crippen LogP) is -1.20. The van der Waals surface area contributed by atoms with E-state index in [2.05, 4.69) is 0 Å². The van der Waals surface area contributed by atoms with E-state index in [1.54, 1.807) is 0 Å². The van der Waals surface area contributed by atoms with Gasteiger partial charge in [0.1, 0.15) is 18.3 Å². The van der Waals surface area contributed by atoms with E-state index in [1.165, 1.54) is 0 Å². The first-order valence-electron chi connectivity index (χ1n) is 6.85. The summed E-state index contributed by atoms with van der Waals surface area (Å²) >= 11 is 0. The Labute approximate surface area is 127 Å². The second-order valence-corrected chi connectivity index (χ2v) is 4.81. The fraction of sp³-hybridized carbons (Fsp3) is 0.467. The molecule has 1 aromatic carbocycles. The van der Waals surface area contributed by atoms with Crippen LogP contribution in [0.25, 0.3) is 0 Å². The maximum absolute atomic E-state index is 11.5. The first kappa shape index (κ1) is 18.2. The van der Waals surface area contributed by atoms with Gasteiger partial charge in [0.15, 0.2) is 12.4 Å². The van der Waals surface area contributed by atoms with Crippen LogP contribution in [-0.2, 0) is 20.7 Å². The van der Waals surface area contributed by atoms with Crippen molar-refractivity contribution in [2.24, 2.45) is 0 Å². The number of benzene rings is 1. The molecule has 4 atom stereocenters. The number of rotatable bonds is 9. The minimum absolute atomic E-state index is 0.00814. The van der Waals surface area contributed by atoms with E-state index in [-0.39, 0.29) is 12.9 Å². The van der Waals surface area contributed by atoms with Crippen molar-refractivity contribution < 1.29 is 34.8 Å². The molecular formula is C15H20O7. The second-order valence-electron chi connectivity index (χ2n) is 4.81. The Morgan fingerprint density at radius 2 is 1.73 bits per heavy atom. The lowest BCUT2D eigenvalue weighted by Crippen LogP contribution is -2.48. The molecule has 0 saturated carbocycles. The molecule has 0 aliphatic carbocycles. The van der Waals surface area contributed by atoms with Gasteiger partial charge in [-0.3, -0.25) is 0 Å². The lowest BCUT2D eigenvalue weighted by molar-refractivity contribution is -0.169. The van der Waals surface area contributed by atoms with Crippen molar-refractivity contribution in [1.82, 2.24) is 0 Å². The fourth-order valence-electron chi connectivity index (χ4n) is 1.79. The van der Waals surface area contributed by atoms with Gasteiger partial charge < -0.3 is 30.0 Å². The van der Waals surface area contributed by atoms with Crippen LogP contribution in [0.1, 0.15) is 12.0 Å². The van der Waals surface area contributed by atoms with E-state index < -0.39 is 30.4 Å². The smallest absolute Gasteiger partial charge is 0.337 e. The van der Waals surface area contributed by atoms with Gasteiger partial charge in [-0.25, -0.2) is 4.79 Å². The zero-order chi connectivity index (χ0) is 16.5. The van der Waals surface area contributed by atoms with Gasteiger partial charge in [-0.05, 0) is 18.4 Å². The molecule has 0 aromatic heterocycles. The molecule has 22 heavy (non-hydrogen) atoms. The number of aldehydes is 1. The van der Waals surface area contributed by atoms with Gasteiger partial charge in [-0.1, -0.05) is 30.3 Å². The van der Waals surface area contributed by atoms with Crippen LogP contribution in [0.5, 0.6) is 0 Å². The van der Waals surface area contributed by atoms with Crippen molar-refractivity contribution >= 4 is 12.3 Å². The van der Waals surface area contributed by atoms with E-state index in [0.29, 0.717) is 12.8 Å². The van der Waals surface area contributed by atoms with Crippen molar-refractivity contribution in [1.29, 1.82) is 0 Å². The van der Waals surface area contributed by atoms with Crippen molar-refractivity contribution in [3.63, 3.8) is 0 Å². The third kappa shape index (κ3) is 5.53. The molecular weight excluding hydrogens is 292 g/mol. The lowest BCUT2D eigenvalue weighted by Gasteiger charge is -2.22. The molecule has 122 valence electrons. The van der Waals surface area contributed by atoms with Gasteiger partial charge in [0, 0.05) is 0 Å². The third-order valence-electron chi connectivity index (χ3n) is 3.10. The average molecular weight is 312 g/mol. The molecule has 1 rings (SSSR count). The first-order chi connectivity index (χ1) is 10.5. The number of ether oxygens (including phenoxy) is 1. The lowest BCUT2D eigenvalue weighted by atomic mass is 10.0. The molecule has 0 aliphatic rings. The first-order valence-corrected chi connectivity index (χ1v) is 6.85. The van der Waals surface area contributed by atoms with Gasteiger partial charge in [0.05, 0.1) is 6.61 Å². The summed E-state index contributed by atoms with van der Waals surface area (Å²) in [5.74, 6) is -1.13. The SMILES string of the molecule is O=C[C@H](O)[C@@H](O)[C@H](O)[C@H](O)C(=O)OCCCc1ccccc1. The van der Waals surface area contributed by atoms with Gasteiger partial charge in [0.25, 0.3) is 0 Å². The van der Waals surface area contributed by atoms with Crippen molar-refractivity contribution in [2.45, 2.75) is 37.3 Å². The highest BCUT2D eigenvalue weighted by Gasteiger charge is 2.35. The Bertz CT molecular complexity index is 462. The average Bonchev–Trinajstić information content (AvgIpc) is 2.56. The normalized spacial score (nSPS) is 16.4. The molecule has 1 aromatic rings. The van der Waals surface area contributed by atoms with Gasteiger partial charge in [-0.15, -0.1) is 0 Å². The van der Waals surface area contributed by atoms with Crippen molar-refractivity contribution in [2.75, 3.05) is 6.61 Å². The summed E-state index contributed by atoms with van der Waals surface area (Å²) in [6, 6.07) is 9.53. The summed E-state index contributed by atoms with van der Waals surface area (Å²) < 4.78 is 4.78. The van der Waals surface area contributed by atoms with Crippen molar-refractivity contribution in [3.8, 4) is 0 Å². The number of hydrogen-bond acceptors (Lipinski definition) is 7. The van der Waals surface area contributed by atoms with E-state index >= 15 is 0 Å². The highest BCUT2D eigenvalue weighted by Crippen LogP contribution is 2.07. The summed E-state index contributed by atoms with van der Waals surface area (Å²) in [6.45, 7) is 0.0316. The molecule has 0 heterocycles. The summed E-state index contributed by atoms with van der Waals surface area (Å²) in [6.07, 6.45) is -6.72. The van der Waals surface area contributed by atoms with Crippen LogP contribution in [0, 0.1) is 0 Å². The number of esters is 1. The number of aliphatic hydroxyl groups is 4. The van der Waals surface area contributed by atoms with Crippen LogP contribution < -0.4 is 0 Å². The molecule has 0 amide bonds. The Morgan fingerprint density at radius 3 is 2.32 bits per heavy atom. The standard InChI is InChI=1S/C15H20O7/c16-9-11(17)12(18)13(19)14(20)15(21)22-8-4-7-10-5-2-1-3-6-10/h1-3,5-6,9,11-14,17-20H,4,7-8H2/t11-,12+,13-,14-/m0/s1. The molecule has 7 nitrogen and oxygen atoms in total. The number of carbonyl (C=O) groups is 2. The number of aryl methyl sites for hydroxylation is 1. The van der Waals surface area contributed by atoms with E-state index in [1.807, 2.05) is 30.3 Å². The van der Waals surface area contributed by atoms with Crippen LogP contribution in [0.15, 0.2) is 30.3 Å². The van der Waals surface area contributed by atoms with Crippen LogP contribution in [0.2, 0.25) is 0 Å². The molecule has 0 radical (unpaired) electrons. The van der Waals surface area contributed by atoms with Gasteiger partial charge in [0.2, 0.25) is 0 Å². The number of carbonyl (C=O) groups excluding carboxylic acids is 2. The van der Waals surface area contributed by atoms with Gasteiger partial charge in [-0.2, -0.15) is 0 Å². The zero-order valence-electron chi connectivity index (χ0n) is 11.9. The number of aliphatic hydroxyl groups excluding tert-OH is 4. The van der Waals surface area contributed by atoms with E-state index in [9.17, 15) is 24.9 Å².